The van der Waals surface area contributed by atoms with Crippen LogP contribution >= 0.6 is 0 Å². The molecule has 110 valence electrons. The minimum Gasteiger partial charge on any atom is -0.338 e. The highest BCUT2D eigenvalue weighted by Crippen LogP contribution is 2.38. The van der Waals surface area contributed by atoms with Crippen molar-refractivity contribution in [2.24, 2.45) is 5.92 Å². The van der Waals surface area contributed by atoms with E-state index in [9.17, 15) is 0 Å². The second-order valence-electron chi connectivity index (χ2n) is 6.75. The van der Waals surface area contributed by atoms with Crippen LogP contribution in [0.2, 0.25) is 0 Å². The summed E-state index contributed by atoms with van der Waals surface area (Å²) in [7, 11) is 0. The van der Waals surface area contributed by atoms with Crippen molar-refractivity contribution >= 4 is 0 Å². The van der Waals surface area contributed by atoms with Crippen molar-refractivity contribution in [1.29, 1.82) is 0 Å². The van der Waals surface area contributed by atoms with Crippen molar-refractivity contribution in [3.63, 3.8) is 0 Å². The fraction of sp³-hybridized carbons (Fsp3) is 0.867. The number of likely N-dealkylation sites (tertiary alicyclic amines) is 1. The molecule has 0 amide bonds. The number of nitrogens with zero attached hydrogens (tertiary/aromatic N) is 3. The Morgan fingerprint density at radius 2 is 2.10 bits per heavy atom. The maximum absolute atomic E-state index is 5.39. The molecular formula is C15H24N4O. The predicted octanol–water partition coefficient (Wildman–Crippen LogP) is 1.91. The van der Waals surface area contributed by atoms with E-state index in [1.807, 2.05) is 0 Å². The molecule has 4 rings (SSSR count). The SMILES string of the molecule is C1CC(CNC2CC2)CN(Cc2nc(C3CC3)no2)C1. The van der Waals surface area contributed by atoms with Crippen molar-refractivity contribution in [1.82, 2.24) is 20.4 Å². The molecule has 1 unspecified atom stereocenters. The normalized spacial score (nSPS) is 27.9. The summed E-state index contributed by atoms with van der Waals surface area (Å²) in [5.74, 6) is 3.12. The van der Waals surface area contributed by atoms with E-state index >= 15 is 0 Å². The van der Waals surface area contributed by atoms with Crippen molar-refractivity contribution in [3.05, 3.63) is 11.7 Å². The van der Waals surface area contributed by atoms with Gasteiger partial charge in [-0.05, 0) is 57.5 Å². The average molecular weight is 276 g/mol. The lowest BCUT2D eigenvalue weighted by Gasteiger charge is -2.31. The van der Waals surface area contributed by atoms with Crippen LogP contribution in [0.4, 0.5) is 0 Å². The molecule has 1 aromatic rings. The van der Waals surface area contributed by atoms with Crippen LogP contribution in [0, 0.1) is 5.92 Å². The Balaban J connectivity index is 1.28. The molecule has 0 spiro atoms. The van der Waals surface area contributed by atoms with Gasteiger partial charge in [0.25, 0.3) is 0 Å². The quantitative estimate of drug-likeness (QED) is 0.860. The molecule has 5 nitrogen and oxygen atoms in total. The van der Waals surface area contributed by atoms with Crippen LogP contribution in [0.1, 0.15) is 56.2 Å². The van der Waals surface area contributed by atoms with Crippen LogP contribution in [0.15, 0.2) is 4.52 Å². The maximum atomic E-state index is 5.39. The van der Waals surface area contributed by atoms with Gasteiger partial charge in [-0.3, -0.25) is 4.90 Å². The topological polar surface area (TPSA) is 54.2 Å². The minimum atomic E-state index is 0.587. The first kappa shape index (κ1) is 12.8. The molecule has 1 aromatic heterocycles. The van der Waals surface area contributed by atoms with E-state index in [1.165, 1.54) is 58.2 Å². The first-order valence-corrected chi connectivity index (χ1v) is 8.15. The third kappa shape index (κ3) is 3.20. The van der Waals surface area contributed by atoms with Gasteiger partial charge in [0.15, 0.2) is 5.82 Å². The Bertz CT molecular complexity index is 452. The summed E-state index contributed by atoms with van der Waals surface area (Å²) in [6.07, 6.45) is 7.87. The lowest BCUT2D eigenvalue weighted by molar-refractivity contribution is 0.148. The van der Waals surface area contributed by atoms with Crippen LogP contribution in [0.5, 0.6) is 0 Å². The van der Waals surface area contributed by atoms with Gasteiger partial charge < -0.3 is 9.84 Å². The van der Waals surface area contributed by atoms with E-state index in [4.69, 9.17) is 4.52 Å². The van der Waals surface area contributed by atoms with Crippen molar-refractivity contribution in [2.75, 3.05) is 19.6 Å². The Labute approximate surface area is 120 Å². The highest BCUT2D eigenvalue weighted by atomic mass is 16.5. The molecule has 2 heterocycles. The highest BCUT2D eigenvalue weighted by molar-refractivity contribution is 5.03. The van der Waals surface area contributed by atoms with Gasteiger partial charge in [0.1, 0.15) is 0 Å². The Morgan fingerprint density at radius 3 is 2.90 bits per heavy atom. The molecule has 1 N–H and O–H groups in total. The van der Waals surface area contributed by atoms with Crippen molar-refractivity contribution < 1.29 is 4.52 Å². The number of aromatic nitrogens is 2. The standard InChI is InChI=1S/C15H24N4O/c1-2-11(8-16-13-5-6-13)9-19(7-1)10-14-17-15(18-20-14)12-3-4-12/h11-13,16H,1-10H2. The summed E-state index contributed by atoms with van der Waals surface area (Å²) in [5.41, 5.74) is 0. The molecular weight excluding hydrogens is 252 g/mol. The third-order valence-electron chi connectivity index (χ3n) is 4.66. The lowest BCUT2D eigenvalue weighted by Crippen LogP contribution is -2.39. The number of nitrogens with one attached hydrogen (secondary N) is 1. The summed E-state index contributed by atoms with van der Waals surface area (Å²) < 4.78 is 5.39. The molecule has 2 aliphatic carbocycles. The van der Waals surface area contributed by atoms with Gasteiger partial charge in [-0.25, -0.2) is 0 Å². The van der Waals surface area contributed by atoms with Gasteiger partial charge in [0.05, 0.1) is 6.54 Å². The summed E-state index contributed by atoms with van der Waals surface area (Å²) >= 11 is 0. The second kappa shape index (κ2) is 5.45. The minimum absolute atomic E-state index is 0.587. The number of rotatable bonds is 6. The van der Waals surface area contributed by atoms with E-state index in [2.05, 4.69) is 20.4 Å². The Hall–Kier alpha value is -0.940. The summed E-state index contributed by atoms with van der Waals surface area (Å²) in [6.45, 7) is 4.35. The average Bonchev–Trinajstić information content (AvgIpc) is 3.38. The maximum Gasteiger partial charge on any atom is 0.240 e. The first-order chi connectivity index (χ1) is 9.87. The number of hydrogen-bond acceptors (Lipinski definition) is 5. The Morgan fingerprint density at radius 1 is 1.20 bits per heavy atom. The van der Waals surface area contributed by atoms with Crippen molar-refractivity contribution in [2.45, 2.75) is 57.0 Å². The van der Waals surface area contributed by atoms with Crippen molar-refractivity contribution in [3.8, 4) is 0 Å². The molecule has 1 saturated heterocycles. The van der Waals surface area contributed by atoms with Gasteiger partial charge in [0, 0.05) is 18.5 Å². The molecule has 2 saturated carbocycles. The Kier molecular flexibility index (Phi) is 3.48. The van der Waals surface area contributed by atoms with Crippen LogP contribution in [-0.4, -0.2) is 40.7 Å². The van der Waals surface area contributed by atoms with Gasteiger partial charge in [-0.15, -0.1) is 0 Å². The van der Waals surface area contributed by atoms with E-state index in [0.717, 1.165) is 30.2 Å². The molecule has 3 aliphatic rings. The molecule has 3 fully saturated rings. The third-order valence-corrected chi connectivity index (χ3v) is 4.66. The molecule has 5 heteroatoms. The zero-order valence-corrected chi connectivity index (χ0v) is 12.1. The summed E-state index contributed by atoms with van der Waals surface area (Å²) in [4.78, 5) is 7.02. The first-order valence-electron chi connectivity index (χ1n) is 8.15. The molecule has 20 heavy (non-hydrogen) atoms. The second-order valence-corrected chi connectivity index (χ2v) is 6.75. The smallest absolute Gasteiger partial charge is 0.240 e. The van der Waals surface area contributed by atoms with E-state index in [1.54, 1.807) is 0 Å². The summed E-state index contributed by atoms with van der Waals surface area (Å²) in [5, 5.41) is 7.77. The monoisotopic (exact) mass is 276 g/mol. The van der Waals surface area contributed by atoms with E-state index < -0.39 is 0 Å². The highest BCUT2D eigenvalue weighted by Gasteiger charge is 2.29. The predicted molar refractivity (Wildman–Crippen MR) is 75.3 cm³/mol. The fourth-order valence-electron chi connectivity index (χ4n) is 3.11. The number of hydrogen-bond donors (Lipinski definition) is 1. The van der Waals surface area contributed by atoms with Crippen LogP contribution in [0.3, 0.4) is 0 Å². The van der Waals surface area contributed by atoms with Crippen LogP contribution in [-0.2, 0) is 6.54 Å². The summed E-state index contributed by atoms with van der Waals surface area (Å²) in [6, 6.07) is 0.822. The largest absolute Gasteiger partial charge is 0.338 e. The molecule has 1 atom stereocenters. The zero-order valence-electron chi connectivity index (χ0n) is 12.1. The molecule has 1 aliphatic heterocycles. The van der Waals surface area contributed by atoms with Gasteiger partial charge in [-0.1, -0.05) is 5.16 Å². The fourth-order valence-corrected chi connectivity index (χ4v) is 3.11. The van der Waals surface area contributed by atoms with Gasteiger partial charge in [-0.2, -0.15) is 4.98 Å². The molecule has 0 bridgehead atoms. The zero-order chi connectivity index (χ0) is 13.4. The lowest BCUT2D eigenvalue weighted by atomic mass is 9.98. The number of piperidine rings is 1. The van der Waals surface area contributed by atoms with E-state index in [-0.39, 0.29) is 0 Å². The van der Waals surface area contributed by atoms with E-state index in [0.29, 0.717) is 5.92 Å². The van der Waals surface area contributed by atoms with Gasteiger partial charge >= 0.3 is 0 Å². The van der Waals surface area contributed by atoms with Gasteiger partial charge in [0.2, 0.25) is 5.89 Å². The molecule has 0 aromatic carbocycles. The molecule has 0 radical (unpaired) electrons. The van der Waals surface area contributed by atoms with Crippen LogP contribution in [0.25, 0.3) is 0 Å². The van der Waals surface area contributed by atoms with Crippen LogP contribution < -0.4 is 5.32 Å².